The molecule has 0 amide bonds. The summed E-state index contributed by atoms with van der Waals surface area (Å²) in [5.41, 5.74) is 2.03. The van der Waals surface area contributed by atoms with E-state index in [1.54, 1.807) is 0 Å². The number of aliphatic hydroxyl groups is 2. The highest BCUT2D eigenvalue weighted by molar-refractivity contribution is 5.50. The van der Waals surface area contributed by atoms with Gasteiger partial charge in [-0.05, 0) is 17.7 Å². The third-order valence-corrected chi connectivity index (χ3v) is 2.35. The molecule has 1 aromatic rings. The van der Waals surface area contributed by atoms with Crippen LogP contribution in [0.15, 0.2) is 24.3 Å². The monoisotopic (exact) mass is 179 g/mol. The van der Waals surface area contributed by atoms with Crippen molar-refractivity contribution in [1.82, 2.24) is 0 Å². The fourth-order valence-electron chi connectivity index (χ4n) is 1.48. The predicted octanol–water partition coefficient (Wildman–Crippen LogP) is 0.360. The minimum absolute atomic E-state index is 0.0862. The first-order valence-corrected chi connectivity index (χ1v) is 4.42. The van der Waals surface area contributed by atoms with E-state index in [1.807, 2.05) is 24.3 Å². The minimum atomic E-state index is -0.169. The summed E-state index contributed by atoms with van der Waals surface area (Å²) < 4.78 is 0. The van der Waals surface area contributed by atoms with Crippen LogP contribution in [0.4, 0.5) is 5.69 Å². The summed E-state index contributed by atoms with van der Waals surface area (Å²) in [5.74, 6) is 0. The van der Waals surface area contributed by atoms with Crippen LogP contribution < -0.4 is 4.90 Å². The molecular formula is C10H13NO2. The zero-order valence-corrected chi connectivity index (χ0v) is 7.35. The Kier molecular flexibility index (Phi) is 2.20. The van der Waals surface area contributed by atoms with E-state index < -0.39 is 0 Å². The highest BCUT2D eigenvalue weighted by Crippen LogP contribution is 2.20. The van der Waals surface area contributed by atoms with Crippen LogP contribution in [0.1, 0.15) is 5.56 Å². The molecule has 2 rings (SSSR count). The molecule has 0 aromatic heterocycles. The summed E-state index contributed by atoms with van der Waals surface area (Å²) in [4.78, 5) is 2.10. The Bertz CT molecular complexity index is 277. The molecule has 0 spiro atoms. The average molecular weight is 179 g/mol. The van der Waals surface area contributed by atoms with Crippen LogP contribution in [0.3, 0.4) is 0 Å². The first-order chi connectivity index (χ1) is 6.29. The van der Waals surface area contributed by atoms with Crippen molar-refractivity contribution in [3.63, 3.8) is 0 Å². The van der Waals surface area contributed by atoms with Crippen LogP contribution in [-0.2, 0) is 6.61 Å². The summed E-state index contributed by atoms with van der Waals surface area (Å²) >= 11 is 0. The van der Waals surface area contributed by atoms with Crippen molar-refractivity contribution in [2.45, 2.75) is 12.7 Å². The molecule has 3 nitrogen and oxygen atoms in total. The Hall–Kier alpha value is -1.06. The third kappa shape index (κ3) is 1.66. The van der Waals surface area contributed by atoms with Crippen molar-refractivity contribution in [3.8, 4) is 0 Å². The molecule has 0 bridgehead atoms. The van der Waals surface area contributed by atoms with Gasteiger partial charge in [-0.2, -0.15) is 0 Å². The zero-order chi connectivity index (χ0) is 9.26. The molecule has 1 aliphatic rings. The summed E-state index contributed by atoms with van der Waals surface area (Å²) in [7, 11) is 0. The first-order valence-electron chi connectivity index (χ1n) is 4.42. The number of anilines is 1. The third-order valence-electron chi connectivity index (χ3n) is 2.35. The van der Waals surface area contributed by atoms with Gasteiger partial charge in [0.2, 0.25) is 0 Å². The Labute approximate surface area is 77.2 Å². The Morgan fingerprint density at radius 2 is 1.85 bits per heavy atom. The molecule has 3 heteroatoms. The Morgan fingerprint density at radius 3 is 2.31 bits per heavy atom. The number of benzene rings is 1. The number of nitrogens with zero attached hydrogens (tertiary/aromatic N) is 1. The number of rotatable bonds is 2. The van der Waals surface area contributed by atoms with Crippen LogP contribution in [-0.4, -0.2) is 29.4 Å². The molecule has 1 heterocycles. The van der Waals surface area contributed by atoms with E-state index in [9.17, 15) is 0 Å². The van der Waals surface area contributed by atoms with Gasteiger partial charge in [0.25, 0.3) is 0 Å². The molecular weight excluding hydrogens is 166 g/mol. The lowest BCUT2D eigenvalue weighted by molar-refractivity contribution is 0.142. The van der Waals surface area contributed by atoms with Gasteiger partial charge in [-0.3, -0.25) is 0 Å². The molecule has 2 N–H and O–H groups in total. The molecule has 0 aliphatic carbocycles. The van der Waals surface area contributed by atoms with Crippen LogP contribution in [0.5, 0.6) is 0 Å². The highest BCUT2D eigenvalue weighted by atomic mass is 16.3. The van der Waals surface area contributed by atoms with Gasteiger partial charge in [-0.15, -0.1) is 0 Å². The zero-order valence-electron chi connectivity index (χ0n) is 7.35. The lowest BCUT2D eigenvalue weighted by Crippen LogP contribution is -2.50. The molecule has 70 valence electrons. The Morgan fingerprint density at radius 1 is 1.23 bits per heavy atom. The minimum Gasteiger partial charge on any atom is -0.392 e. The van der Waals surface area contributed by atoms with E-state index in [0.717, 1.165) is 24.3 Å². The van der Waals surface area contributed by atoms with Gasteiger partial charge < -0.3 is 15.1 Å². The van der Waals surface area contributed by atoms with Gasteiger partial charge in [0.05, 0.1) is 12.7 Å². The lowest BCUT2D eigenvalue weighted by Gasteiger charge is -2.37. The summed E-state index contributed by atoms with van der Waals surface area (Å²) in [6, 6.07) is 7.74. The maximum Gasteiger partial charge on any atom is 0.0889 e. The summed E-state index contributed by atoms with van der Waals surface area (Å²) in [6.07, 6.45) is -0.169. The van der Waals surface area contributed by atoms with Crippen LogP contribution in [0, 0.1) is 0 Å². The second-order valence-electron chi connectivity index (χ2n) is 3.38. The van der Waals surface area contributed by atoms with E-state index >= 15 is 0 Å². The smallest absolute Gasteiger partial charge is 0.0889 e. The maximum atomic E-state index is 9.10. The quantitative estimate of drug-likeness (QED) is 0.689. The molecule has 0 radical (unpaired) electrons. The molecule has 1 saturated heterocycles. The van der Waals surface area contributed by atoms with Gasteiger partial charge in [0, 0.05) is 18.8 Å². The number of β-amino-alcohol motifs (C(OH)–C–C–N with tert-alkyl or cyclic N) is 1. The van der Waals surface area contributed by atoms with Crippen molar-refractivity contribution in [1.29, 1.82) is 0 Å². The predicted molar refractivity (Wildman–Crippen MR) is 50.6 cm³/mol. The molecule has 0 saturated carbocycles. The molecule has 1 fully saturated rings. The van der Waals surface area contributed by atoms with Gasteiger partial charge in [0.1, 0.15) is 0 Å². The summed E-state index contributed by atoms with van der Waals surface area (Å²) in [6.45, 7) is 1.53. The van der Waals surface area contributed by atoms with E-state index in [0.29, 0.717) is 0 Å². The van der Waals surface area contributed by atoms with E-state index in [1.165, 1.54) is 0 Å². The lowest BCUT2D eigenvalue weighted by atomic mass is 10.1. The molecule has 0 unspecified atom stereocenters. The topological polar surface area (TPSA) is 43.7 Å². The fourth-order valence-corrected chi connectivity index (χ4v) is 1.48. The first kappa shape index (κ1) is 8.53. The van der Waals surface area contributed by atoms with Crippen molar-refractivity contribution in [3.05, 3.63) is 29.8 Å². The standard InChI is InChI=1S/C10H13NO2/c12-7-8-1-3-9(4-2-8)11-5-10(13)6-11/h1-4,10,12-13H,5-7H2. The SMILES string of the molecule is OCc1ccc(N2CC(O)C2)cc1. The van der Waals surface area contributed by atoms with Crippen molar-refractivity contribution in [2.75, 3.05) is 18.0 Å². The maximum absolute atomic E-state index is 9.10. The van der Waals surface area contributed by atoms with Crippen molar-refractivity contribution < 1.29 is 10.2 Å². The van der Waals surface area contributed by atoms with Crippen molar-refractivity contribution in [2.24, 2.45) is 0 Å². The van der Waals surface area contributed by atoms with Gasteiger partial charge in [0.15, 0.2) is 0 Å². The molecule has 13 heavy (non-hydrogen) atoms. The second-order valence-corrected chi connectivity index (χ2v) is 3.38. The van der Waals surface area contributed by atoms with Crippen LogP contribution in [0.2, 0.25) is 0 Å². The highest BCUT2D eigenvalue weighted by Gasteiger charge is 2.23. The molecule has 1 aliphatic heterocycles. The second kappa shape index (κ2) is 3.36. The van der Waals surface area contributed by atoms with Gasteiger partial charge >= 0.3 is 0 Å². The number of aliphatic hydroxyl groups excluding tert-OH is 2. The van der Waals surface area contributed by atoms with E-state index in [-0.39, 0.29) is 12.7 Å². The summed E-state index contributed by atoms with van der Waals surface area (Å²) in [5, 5.41) is 17.9. The number of hydrogen-bond donors (Lipinski definition) is 2. The average Bonchev–Trinajstić information content (AvgIpc) is 2.13. The van der Waals surface area contributed by atoms with E-state index in [4.69, 9.17) is 10.2 Å². The Balaban J connectivity index is 2.06. The largest absolute Gasteiger partial charge is 0.392 e. The van der Waals surface area contributed by atoms with Crippen molar-refractivity contribution >= 4 is 5.69 Å². The molecule has 1 aromatic carbocycles. The normalized spacial score (nSPS) is 17.2. The molecule has 0 atom stereocenters. The van der Waals surface area contributed by atoms with Gasteiger partial charge in [-0.25, -0.2) is 0 Å². The number of hydrogen-bond acceptors (Lipinski definition) is 3. The van der Waals surface area contributed by atoms with Crippen LogP contribution in [0.25, 0.3) is 0 Å². The van der Waals surface area contributed by atoms with E-state index in [2.05, 4.69) is 4.90 Å². The van der Waals surface area contributed by atoms with Gasteiger partial charge in [-0.1, -0.05) is 12.1 Å². The fraction of sp³-hybridized carbons (Fsp3) is 0.400. The van der Waals surface area contributed by atoms with Crippen LogP contribution >= 0.6 is 0 Å².